The minimum atomic E-state index is -3.53. The lowest BCUT2D eigenvalue weighted by Gasteiger charge is -2.39. The molecule has 0 aromatic heterocycles. The second-order valence-electron chi connectivity index (χ2n) is 6.50. The van der Waals surface area contributed by atoms with Crippen LogP contribution < -0.4 is 4.72 Å². The van der Waals surface area contributed by atoms with Gasteiger partial charge in [-0.05, 0) is 55.3 Å². The van der Waals surface area contributed by atoms with E-state index < -0.39 is 10.0 Å². The highest BCUT2D eigenvalue weighted by Crippen LogP contribution is 2.28. The second kappa shape index (κ2) is 6.95. The summed E-state index contributed by atoms with van der Waals surface area (Å²) < 4.78 is 27.5. The maximum atomic E-state index is 12.4. The van der Waals surface area contributed by atoms with Crippen LogP contribution in [0, 0.1) is 6.92 Å². The SMILES string of the molecule is CCCN1CC(c2ccc(NS(=O)(=O)c3cccc(C)c3)cc2)C1. The first-order valence-electron chi connectivity index (χ1n) is 8.40. The highest BCUT2D eigenvalue weighted by Gasteiger charge is 2.27. The van der Waals surface area contributed by atoms with Crippen LogP contribution in [0.1, 0.15) is 30.4 Å². The first kappa shape index (κ1) is 17.0. The molecule has 1 N–H and O–H groups in total. The van der Waals surface area contributed by atoms with Gasteiger partial charge in [-0.2, -0.15) is 0 Å². The number of nitrogens with zero attached hydrogens (tertiary/aromatic N) is 1. The lowest BCUT2D eigenvalue weighted by atomic mass is 9.91. The fraction of sp³-hybridized carbons (Fsp3) is 0.368. The fourth-order valence-electron chi connectivity index (χ4n) is 3.10. The Labute approximate surface area is 144 Å². The molecule has 0 radical (unpaired) electrons. The van der Waals surface area contributed by atoms with Crippen LogP contribution in [0.3, 0.4) is 0 Å². The van der Waals surface area contributed by atoms with Crippen LogP contribution in [0.25, 0.3) is 0 Å². The maximum Gasteiger partial charge on any atom is 0.261 e. The molecular weight excluding hydrogens is 320 g/mol. The molecule has 4 nitrogen and oxygen atoms in total. The molecule has 128 valence electrons. The number of rotatable bonds is 6. The summed E-state index contributed by atoms with van der Waals surface area (Å²) in [5, 5.41) is 0. The Morgan fingerprint density at radius 3 is 2.46 bits per heavy atom. The van der Waals surface area contributed by atoms with E-state index in [4.69, 9.17) is 0 Å². The Morgan fingerprint density at radius 2 is 1.83 bits per heavy atom. The third-order valence-electron chi connectivity index (χ3n) is 4.43. The van der Waals surface area contributed by atoms with Crippen molar-refractivity contribution in [3.8, 4) is 0 Å². The summed E-state index contributed by atoms with van der Waals surface area (Å²) >= 11 is 0. The minimum Gasteiger partial charge on any atom is -0.302 e. The molecule has 24 heavy (non-hydrogen) atoms. The van der Waals surface area contributed by atoms with E-state index in [2.05, 4.69) is 16.5 Å². The van der Waals surface area contributed by atoms with E-state index in [1.54, 1.807) is 18.2 Å². The van der Waals surface area contributed by atoms with Gasteiger partial charge in [-0.1, -0.05) is 31.2 Å². The molecule has 3 rings (SSSR count). The Balaban J connectivity index is 1.66. The molecule has 2 aromatic carbocycles. The van der Waals surface area contributed by atoms with E-state index in [1.807, 2.05) is 37.3 Å². The molecule has 1 aliphatic rings. The highest BCUT2D eigenvalue weighted by atomic mass is 32.2. The standard InChI is InChI=1S/C19H24N2O2S/c1-3-11-21-13-17(14-21)16-7-9-18(10-8-16)20-24(22,23)19-6-4-5-15(2)12-19/h4-10,12,17,20H,3,11,13-14H2,1-2H3. The smallest absolute Gasteiger partial charge is 0.261 e. The van der Waals surface area contributed by atoms with Crippen LogP contribution in [0.2, 0.25) is 0 Å². The summed E-state index contributed by atoms with van der Waals surface area (Å²) in [6.07, 6.45) is 1.19. The first-order chi connectivity index (χ1) is 11.5. The van der Waals surface area contributed by atoms with Crippen LogP contribution in [0.5, 0.6) is 0 Å². The maximum absolute atomic E-state index is 12.4. The molecule has 0 atom stereocenters. The predicted octanol–water partition coefficient (Wildman–Crippen LogP) is 3.61. The number of hydrogen-bond donors (Lipinski definition) is 1. The van der Waals surface area contributed by atoms with E-state index in [0.29, 0.717) is 16.5 Å². The number of aryl methyl sites for hydroxylation is 1. The summed E-state index contributed by atoms with van der Waals surface area (Å²) in [5.41, 5.74) is 2.81. The molecule has 0 aliphatic carbocycles. The van der Waals surface area contributed by atoms with E-state index >= 15 is 0 Å². The van der Waals surface area contributed by atoms with Gasteiger partial charge in [-0.15, -0.1) is 0 Å². The van der Waals surface area contributed by atoms with E-state index in [1.165, 1.54) is 12.0 Å². The molecule has 2 aromatic rings. The van der Waals surface area contributed by atoms with Gasteiger partial charge in [0.05, 0.1) is 4.90 Å². The zero-order chi connectivity index (χ0) is 17.2. The summed E-state index contributed by atoms with van der Waals surface area (Å²) in [4.78, 5) is 2.74. The summed E-state index contributed by atoms with van der Waals surface area (Å²) in [6.45, 7) is 7.44. The van der Waals surface area contributed by atoms with Crippen molar-refractivity contribution in [2.24, 2.45) is 0 Å². The third kappa shape index (κ3) is 3.79. The van der Waals surface area contributed by atoms with Crippen LogP contribution in [0.4, 0.5) is 5.69 Å². The van der Waals surface area contributed by atoms with Crippen LogP contribution >= 0.6 is 0 Å². The van der Waals surface area contributed by atoms with Gasteiger partial charge in [0.15, 0.2) is 0 Å². The Hall–Kier alpha value is -1.85. The predicted molar refractivity (Wildman–Crippen MR) is 97.9 cm³/mol. The number of anilines is 1. The molecule has 1 saturated heterocycles. The first-order valence-corrected chi connectivity index (χ1v) is 9.88. The van der Waals surface area contributed by atoms with Crippen LogP contribution in [0.15, 0.2) is 53.4 Å². The molecule has 0 unspecified atom stereocenters. The van der Waals surface area contributed by atoms with Gasteiger partial charge in [0.2, 0.25) is 0 Å². The Kier molecular flexibility index (Phi) is 4.92. The zero-order valence-corrected chi connectivity index (χ0v) is 15.0. The molecule has 1 aliphatic heterocycles. The average Bonchev–Trinajstić information content (AvgIpc) is 2.51. The summed E-state index contributed by atoms with van der Waals surface area (Å²) in [7, 11) is -3.53. The average molecular weight is 344 g/mol. The molecule has 0 spiro atoms. The summed E-state index contributed by atoms with van der Waals surface area (Å²) in [6, 6.07) is 14.7. The Bertz CT molecular complexity index is 794. The van der Waals surface area contributed by atoms with Crippen LogP contribution in [-0.4, -0.2) is 33.0 Å². The normalized spacial score (nSPS) is 15.9. The van der Waals surface area contributed by atoms with Crippen molar-refractivity contribution in [3.63, 3.8) is 0 Å². The Morgan fingerprint density at radius 1 is 1.12 bits per heavy atom. The van der Waals surface area contributed by atoms with Gasteiger partial charge in [0.25, 0.3) is 10.0 Å². The number of benzene rings is 2. The number of nitrogens with one attached hydrogen (secondary N) is 1. The second-order valence-corrected chi connectivity index (χ2v) is 8.18. The van der Waals surface area contributed by atoms with Crippen molar-refractivity contribution in [2.45, 2.75) is 31.1 Å². The monoisotopic (exact) mass is 344 g/mol. The van der Waals surface area contributed by atoms with Crippen molar-refractivity contribution >= 4 is 15.7 Å². The van der Waals surface area contributed by atoms with Gasteiger partial charge in [0.1, 0.15) is 0 Å². The molecular formula is C19H24N2O2S. The molecule has 1 fully saturated rings. The number of sulfonamides is 1. The van der Waals surface area contributed by atoms with Gasteiger partial charge in [-0.25, -0.2) is 8.42 Å². The molecule has 0 saturated carbocycles. The van der Waals surface area contributed by atoms with Crippen molar-refractivity contribution in [1.29, 1.82) is 0 Å². The van der Waals surface area contributed by atoms with Crippen LogP contribution in [-0.2, 0) is 10.0 Å². The van der Waals surface area contributed by atoms with E-state index in [9.17, 15) is 8.42 Å². The third-order valence-corrected chi connectivity index (χ3v) is 5.81. The van der Waals surface area contributed by atoms with Crippen molar-refractivity contribution in [1.82, 2.24) is 4.90 Å². The number of likely N-dealkylation sites (tertiary alicyclic amines) is 1. The van der Waals surface area contributed by atoms with Gasteiger partial charge >= 0.3 is 0 Å². The van der Waals surface area contributed by atoms with Crippen molar-refractivity contribution in [2.75, 3.05) is 24.4 Å². The van der Waals surface area contributed by atoms with Gasteiger partial charge in [0, 0.05) is 24.7 Å². The zero-order valence-electron chi connectivity index (χ0n) is 14.2. The van der Waals surface area contributed by atoms with Crippen molar-refractivity contribution < 1.29 is 8.42 Å². The van der Waals surface area contributed by atoms with E-state index in [0.717, 1.165) is 25.2 Å². The molecule has 0 bridgehead atoms. The lowest BCUT2D eigenvalue weighted by Crippen LogP contribution is -2.45. The fourth-order valence-corrected chi connectivity index (χ4v) is 4.26. The quantitative estimate of drug-likeness (QED) is 0.871. The molecule has 1 heterocycles. The minimum absolute atomic E-state index is 0.292. The largest absolute Gasteiger partial charge is 0.302 e. The molecule has 5 heteroatoms. The molecule has 0 amide bonds. The van der Waals surface area contributed by atoms with Gasteiger partial charge < -0.3 is 4.90 Å². The highest BCUT2D eigenvalue weighted by molar-refractivity contribution is 7.92. The number of hydrogen-bond acceptors (Lipinski definition) is 3. The summed E-state index contributed by atoms with van der Waals surface area (Å²) in [5.74, 6) is 0.569. The topological polar surface area (TPSA) is 49.4 Å². The van der Waals surface area contributed by atoms with E-state index in [-0.39, 0.29) is 0 Å². The van der Waals surface area contributed by atoms with Gasteiger partial charge in [-0.3, -0.25) is 4.72 Å². The van der Waals surface area contributed by atoms with Crippen molar-refractivity contribution in [3.05, 3.63) is 59.7 Å². The lowest BCUT2D eigenvalue weighted by molar-refractivity contribution is 0.149.